The highest BCUT2D eigenvalue weighted by Gasteiger charge is 2.29. The predicted octanol–water partition coefficient (Wildman–Crippen LogP) is 2.54. The Balaban J connectivity index is 1.52. The normalized spacial score (nSPS) is 17.5. The number of likely N-dealkylation sites (tertiary alicyclic amines) is 1. The van der Waals surface area contributed by atoms with Gasteiger partial charge in [0.05, 0.1) is 29.8 Å². The summed E-state index contributed by atoms with van der Waals surface area (Å²) in [5.74, 6) is 1.05. The van der Waals surface area contributed by atoms with E-state index in [1.54, 1.807) is 0 Å². The van der Waals surface area contributed by atoms with E-state index < -0.39 is 0 Å². The smallest absolute Gasteiger partial charge is 0.242 e. The quantitative estimate of drug-likeness (QED) is 0.735. The molecule has 1 saturated heterocycles. The summed E-state index contributed by atoms with van der Waals surface area (Å²) in [5, 5.41) is 4.37. The fourth-order valence-corrected chi connectivity index (χ4v) is 3.76. The van der Waals surface area contributed by atoms with Crippen molar-refractivity contribution in [3.8, 4) is 0 Å². The highest BCUT2D eigenvalue weighted by molar-refractivity contribution is 5.81. The summed E-state index contributed by atoms with van der Waals surface area (Å²) in [7, 11) is 0. The third kappa shape index (κ3) is 3.04. The predicted molar refractivity (Wildman–Crippen MR) is 96.2 cm³/mol. The van der Waals surface area contributed by atoms with Gasteiger partial charge in [0.15, 0.2) is 0 Å². The summed E-state index contributed by atoms with van der Waals surface area (Å²) in [5.41, 5.74) is 3.11. The summed E-state index contributed by atoms with van der Waals surface area (Å²) in [6.07, 6.45) is 5.99. The van der Waals surface area contributed by atoms with Crippen LogP contribution in [-0.4, -0.2) is 42.7 Å². The molecule has 0 bridgehead atoms. The molecule has 3 heterocycles. The Kier molecular flexibility index (Phi) is 4.03. The maximum atomic E-state index is 13.0. The highest BCUT2D eigenvalue weighted by atomic mass is 16.2. The monoisotopic (exact) mass is 337 g/mol. The second-order valence-corrected chi connectivity index (χ2v) is 6.86. The zero-order chi connectivity index (χ0) is 17.4. The summed E-state index contributed by atoms with van der Waals surface area (Å²) >= 11 is 0. The fraction of sp³-hybridized carbons (Fsp3) is 0.421. The Morgan fingerprint density at radius 3 is 2.92 bits per heavy atom. The van der Waals surface area contributed by atoms with Crippen molar-refractivity contribution in [3.63, 3.8) is 0 Å². The molecule has 1 aliphatic rings. The van der Waals surface area contributed by atoms with Crippen molar-refractivity contribution in [1.29, 1.82) is 0 Å². The summed E-state index contributed by atoms with van der Waals surface area (Å²) in [4.78, 5) is 19.5. The lowest BCUT2D eigenvalue weighted by Gasteiger charge is -2.25. The molecule has 0 saturated carbocycles. The number of amides is 1. The van der Waals surface area contributed by atoms with Crippen molar-refractivity contribution < 1.29 is 4.79 Å². The van der Waals surface area contributed by atoms with Crippen molar-refractivity contribution >= 4 is 16.9 Å². The molecule has 0 radical (unpaired) electrons. The molecule has 0 unspecified atom stereocenters. The van der Waals surface area contributed by atoms with Gasteiger partial charge in [-0.1, -0.05) is 12.1 Å². The standard InChI is InChI=1S/C19H23N5O/c1-14-10-20-22(11-14)12-16-6-5-9-23(16)19(25)13-24-15(2)21-17-7-3-4-8-18(17)24/h3-4,7-8,10-11,16H,5-6,9,12-13H2,1-2H3/t16-/m0/s1. The van der Waals surface area contributed by atoms with E-state index in [0.717, 1.165) is 48.4 Å². The van der Waals surface area contributed by atoms with Crippen LogP contribution in [-0.2, 0) is 17.9 Å². The third-order valence-corrected chi connectivity index (χ3v) is 5.00. The topological polar surface area (TPSA) is 56.0 Å². The van der Waals surface area contributed by atoms with Gasteiger partial charge in [0.1, 0.15) is 12.4 Å². The Morgan fingerprint density at radius 2 is 2.12 bits per heavy atom. The molecule has 1 atom stereocenters. The Morgan fingerprint density at radius 1 is 1.28 bits per heavy atom. The van der Waals surface area contributed by atoms with Crippen LogP contribution in [0.15, 0.2) is 36.7 Å². The summed E-state index contributed by atoms with van der Waals surface area (Å²) in [6, 6.07) is 8.20. The van der Waals surface area contributed by atoms with Crippen LogP contribution in [0.25, 0.3) is 11.0 Å². The lowest BCUT2D eigenvalue weighted by Crippen LogP contribution is -2.40. The number of benzene rings is 1. The van der Waals surface area contributed by atoms with E-state index in [9.17, 15) is 4.79 Å². The maximum Gasteiger partial charge on any atom is 0.242 e. The molecule has 2 aromatic heterocycles. The first-order chi connectivity index (χ1) is 12.1. The number of carbonyl (C=O) groups is 1. The van der Waals surface area contributed by atoms with Gasteiger partial charge in [0.2, 0.25) is 5.91 Å². The van der Waals surface area contributed by atoms with Crippen LogP contribution < -0.4 is 0 Å². The van der Waals surface area contributed by atoms with Gasteiger partial charge in [-0.3, -0.25) is 9.48 Å². The first-order valence-corrected chi connectivity index (χ1v) is 8.82. The third-order valence-electron chi connectivity index (χ3n) is 5.00. The second-order valence-electron chi connectivity index (χ2n) is 6.86. The Bertz CT molecular complexity index is 910. The van der Waals surface area contributed by atoms with E-state index in [1.807, 2.05) is 64.7 Å². The molecule has 6 nitrogen and oxygen atoms in total. The number of fused-ring (bicyclic) bond motifs is 1. The maximum absolute atomic E-state index is 13.0. The molecule has 0 aliphatic carbocycles. The zero-order valence-corrected chi connectivity index (χ0v) is 14.7. The van der Waals surface area contributed by atoms with E-state index in [4.69, 9.17) is 0 Å². The van der Waals surface area contributed by atoms with E-state index in [-0.39, 0.29) is 11.9 Å². The minimum absolute atomic E-state index is 0.164. The van der Waals surface area contributed by atoms with E-state index in [2.05, 4.69) is 10.1 Å². The number of para-hydroxylation sites is 2. The molecule has 1 aromatic carbocycles. The number of hydrogen-bond donors (Lipinski definition) is 0. The Labute approximate surface area is 147 Å². The molecule has 1 fully saturated rings. The van der Waals surface area contributed by atoms with Gasteiger partial charge >= 0.3 is 0 Å². The lowest BCUT2D eigenvalue weighted by atomic mass is 10.2. The van der Waals surface area contributed by atoms with Crippen molar-refractivity contribution in [1.82, 2.24) is 24.2 Å². The molecule has 25 heavy (non-hydrogen) atoms. The minimum Gasteiger partial charge on any atom is -0.336 e. The van der Waals surface area contributed by atoms with Crippen molar-refractivity contribution in [2.24, 2.45) is 0 Å². The van der Waals surface area contributed by atoms with Crippen molar-refractivity contribution in [3.05, 3.63) is 48.0 Å². The number of hydrogen-bond acceptors (Lipinski definition) is 3. The molecule has 130 valence electrons. The molecule has 0 N–H and O–H groups in total. The molecular weight excluding hydrogens is 314 g/mol. The van der Waals surface area contributed by atoms with Gasteiger partial charge in [-0.25, -0.2) is 4.98 Å². The van der Waals surface area contributed by atoms with Crippen LogP contribution in [0, 0.1) is 13.8 Å². The molecular formula is C19H23N5O. The van der Waals surface area contributed by atoms with Gasteiger partial charge in [0, 0.05) is 12.7 Å². The number of carbonyl (C=O) groups excluding carboxylic acids is 1. The minimum atomic E-state index is 0.164. The van der Waals surface area contributed by atoms with Crippen LogP contribution in [0.4, 0.5) is 0 Å². The number of aromatic nitrogens is 4. The zero-order valence-electron chi connectivity index (χ0n) is 14.7. The number of nitrogens with zero attached hydrogens (tertiary/aromatic N) is 5. The molecule has 1 aliphatic heterocycles. The van der Waals surface area contributed by atoms with Crippen LogP contribution in [0.2, 0.25) is 0 Å². The van der Waals surface area contributed by atoms with Crippen LogP contribution >= 0.6 is 0 Å². The summed E-state index contributed by atoms with van der Waals surface area (Å²) in [6.45, 7) is 5.94. The lowest BCUT2D eigenvalue weighted by molar-refractivity contribution is -0.132. The average Bonchev–Trinajstić information content (AvgIpc) is 3.29. The molecule has 4 rings (SSSR count). The van der Waals surface area contributed by atoms with Crippen molar-refractivity contribution in [2.75, 3.05) is 6.54 Å². The van der Waals surface area contributed by atoms with E-state index >= 15 is 0 Å². The number of imidazole rings is 1. The van der Waals surface area contributed by atoms with Crippen LogP contribution in [0.5, 0.6) is 0 Å². The number of rotatable bonds is 4. The highest BCUT2D eigenvalue weighted by Crippen LogP contribution is 2.21. The van der Waals surface area contributed by atoms with Crippen LogP contribution in [0.3, 0.4) is 0 Å². The van der Waals surface area contributed by atoms with Crippen LogP contribution in [0.1, 0.15) is 24.2 Å². The second kappa shape index (κ2) is 6.35. The average molecular weight is 337 g/mol. The first-order valence-electron chi connectivity index (χ1n) is 8.82. The number of aryl methyl sites for hydroxylation is 2. The van der Waals surface area contributed by atoms with Gasteiger partial charge in [-0.15, -0.1) is 0 Å². The van der Waals surface area contributed by atoms with Gasteiger partial charge < -0.3 is 9.47 Å². The van der Waals surface area contributed by atoms with Crippen molar-refractivity contribution in [2.45, 2.75) is 45.8 Å². The fourth-order valence-electron chi connectivity index (χ4n) is 3.76. The Hall–Kier alpha value is -2.63. The molecule has 6 heteroatoms. The van der Waals surface area contributed by atoms with E-state index in [0.29, 0.717) is 6.54 Å². The molecule has 0 spiro atoms. The largest absolute Gasteiger partial charge is 0.336 e. The summed E-state index contributed by atoms with van der Waals surface area (Å²) < 4.78 is 3.97. The molecule has 1 amide bonds. The van der Waals surface area contributed by atoms with Gasteiger partial charge in [-0.2, -0.15) is 5.10 Å². The van der Waals surface area contributed by atoms with Gasteiger partial charge in [-0.05, 0) is 44.4 Å². The van der Waals surface area contributed by atoms with E-state index in [1.165, 1.54) is 0 Å². The molecule has 3 aromatic rings. The van der Waals surface area contributed by atoms with Gasteiger partial charge in [0.25, 0.3) is 0 Å². The first kappa shape index (κ1) is 15.9. The SMILES string of the molecule is Cc1cnn(C[C@@H]2CCCN2C(=O)Cn2c(C)nc3ccccc32)c1.